The molecule has 4 heteroatoms. The van der Waals surface area contributed by atoms with E-state index in [4.69, 9.17) is 11.6 Å². The zero-order valence-electron chi connectivity index (χ0n) is 13.1. The summed E-state index contributed by atoms with van der Waals surface area (Å²) in [5, 5.41) is 8.97. The van der Waals surface area contributed by atoms with Gasteiger partial charge >= 0.3 is 0 Å². The van der Waals surface area contributed by atoms with Crippen LogP contribution < -0.4 is 5.32 Å². The van der Waals surface area contributed by atoms with E-state index in [1.807, 2.05) is 6.92 Å². The number of nitrogens with zero attached hydrogens (tertiary/aromatic N) is 2. The largest absolute Gasteiger partial charge is 0.317 e. The molecule has 2 unspecified atom stereocenters. The molecule has 1 fully saturated rings. The third-order valence-corrected chi connectivity index (χ3v) is 5.12. The Morgan fingerprint density at radius 3 is 2.60 bits per heavy atom. The van der Waals surface area contributed by atoms with Crippen LogP contribution in [0.5, 0.6) is 0 Å². The van der Waals surface area contributed by atoms with Crippen molar-refractivity contribution < 1.29 is 0 Å². The number of rotatable bonds is 6. The van der Waals surface area contributed by atoms with E-state index >= 15 is 0 Å². The summed E-state index contributed by atoms with van der Waals surface area (Å²) in [7, 11) is 0. The molecule has 1 N–H and O–H groups in total. The maximum atomic E-state index is 6.47. The maximum absolute atomic E-state index is 6.47. The van der Waals surface area contributed by atoms with Gasteiger partial charge in [0, 0.05) is 6.54 Å². The van der Waals surface area contributed by atoms with Gasteiger partial charge in [0.25, 0.3) is 0 Å². The first-order chi connectivity index (χ1) is 9.67. The van der Waals surface area contributed by atoms with E-state index in [9.17, 15) is 0 Å². The Morgan fingerprint density at radius 2 is 1.95 bits per heavy atom. The molecule has 1 aliphatic rings. The highest BCUT2D eigenvalue weighted by atomic mass is 35.5. The molecular weight excluding hydrogens is 270 g/mol. The summed E-state index contributed by atoms with van der Waals surface area (Å²) in [5.41, 5.74) is 2.22. The zero-order chi connectivity index (χ0) is 14.5. The van der Waals surface area contributed by atoms with E-state index in [0.29, 0.717) is 0 Å². The first kappa shape index (κ1) is 15.8. The summed E-state index contributed by atoms with van der Waals surface area (Å²) in [4.78, 5) is 0. The highest BCUT2D eigenvalue weighted by molar-refractivity contribution is 6.31. The van der Waals surface area contributed by atoms with Crippen molar-refractivity contribution in [2.24, 2.45) is 11.8 Å². The van der Waals surface area contributed by atoms with Crippen molar-refractivity contribution in [2.75, 3.05) is 13.1 Å². The van der Waals surface area contributed by atoms with E-state index in [1.165, 1.54) is 31.4 Å². The lowest BCUT2D eigenvalue weighted by Crippen LogP contribution is -2.32. The lowest BCUT2D eigenvalue weighted by atomic mass is 9.77. The first-order valence-electron chi connectivity index (χ1n) is 8.09. The van der Waals surface area contributed by atoms with Gasteiger partial charge in [-0.2, -0.15) is 5.10 Å². The minimum atomic E-state index is 0.752. The number of hydrogen-bond acceptors (Lipinski definition) is 2. The van der Waals surface area contributed by atoms with E-state index in [-0.39, 0.29) is 0 Å². The third-order valence-electron chi connectivity index (χ3n) is 4.63. The van der Waals surface area contributed by atoms with Crippen molar-refractivity contribution in [3.8, 4) is 0 Å². The Labute approximate surface area is 128 Å². The SMILES string of the molecule is CCNCC1CCCCC1Cc1c(Cl)c(C)nn1CC. The molecule has 20 heavy (non-hydrogen) atoms. The molecule has 1 saturated carbocycles. The summed E-state index contributed by atoms with van der Waals surface area (Å²) in [6.07, 6.45) is 6.52. The summed E-state index contributed by atoms with van der Waals surface area (Å²) in [5.74, 6) is 1.54. The van der Waals surface area contributed by atoms with Crippen molar-refractivity contribution in [3.63, 3.8) is 0 Å². The highest BCUT2D eigenvalue weighted by Crippen LogP contribution is 2.34. The van der Waals surface area contributed by atoms with E-state index in [0.717, 1.165) is 48.6 Å². The van der Waals surface area contributed by atoms with Gasteiger partial charge in [-0.3, -0.25) is 4.68 Å². The molecule has 0 saturated heterocycles. The molecule has 0 aromatic carbocycles. The number of halogens is 1. The van der Waals surface area contributed by atoms with Crippen LogP contribution in [0.4, 0.5) is 0 Å². The molecule has 0 radical (unpaired) electrons. The molecule has 2 rings (SSSR count). The first-order valence-corrected chi connectivity index (χ1v) is 8.47. The normalized spacial score (nSPS) is 23.2. The Bertz CT molecular complexity index is 428. The lowest BCUT2D eigenvalue weighted by Gasteiger charge is -2.32. The molecule has 0 spiro atoms. The van der Waals surface area contributed by atoms with Gasteiger partial charge < -0.3 is 5.32 Å². The van der Waals surface area contributed by atoms with E-state index in [2.05, 4.69) is 28.9 Å². The molecule has 0 bridgehead atoms. The van der Waals surface area contributed by atoms with Gasteiger partial charge in [0.2, 0.25) is 0 Å². The van der Waals surface area contributed by atoms with Gasteiger partial charge in [-0.05, 0) is 58.0 Å². The summed E-state index contributed by atoms with van der Waals surface area (Å²) >= 11 is 6.47. The topological polar surface area (TPSA) is 29.9 Å². The molecule has 1 aromatic rings. The van der Waals surface area contributed by atoms with Crippen molar-refractivity contribution in [1.82, 2.24) is 15.1 Å². The van der Waals surface area contributed by atoms with Crippen LogP contribution in [0.2, 0.25) is 5.02 Å². The fourth-order valence-electron chi connectivity index (χ4n) is 3.46. The quantitative estimate of drug-likeness (QED) is 0.865. The van der Waals surface area contributed by atoms with E-state index < -0.39 is 0 Å². The Balaban J connectivity index is 2.10. The number of aryl methyl sites for hydroxylation is 2. The molecule has 3 nitrogen and oxygen atoms in total. The minimum Gasteiger partial charge on any atom is -0.317 e. The van der Waals surface area contributed by atoms with Crippen LogP contribution in [-0.4, -0.2) is 22.9 Å². The fourth-order valence-corrected chi connectivity index (χ4v) is 3.68. The summed E-state index contributed by atoms with van der Waals surface area (Å²) < 4.78 is 2.09. The van der Waals surface area contributed by atoms with Crippen LogP contribution in [0.25, 0.3) is 0 Å². The van der Waals surface area contributed by atoms with Gasteiger partial charge in [-0.1, -0.05) is 31.4 Å². The molecule has 1 aliphatic carbocycles. The highest BCUT2D eigenvalue weighted by Gasteiger charge is 2.27. The van der Waals surface area contributed by atoms with E-state index in [1.54, 1.807) is 0 Å². The van der Waals surface area contributed by atoms with Crippen LogP contribution in [0.3, 0.4) is 0 Å². The van der Waals surface area contributed by atoms with Gasteiger partial charge in [-0.15, -0.1) is 0 Å². The maximum Gasteiger partial charge on any atom is 0.0847 e. The monoisotopic (exact) mass is 297 g/mol. The number of aromatic nitrogens is 2. The lowest BCUT2D eigenvalue weighted by molar-refractivity contribution is 0.226. The van der Waals surface area contributed by atoms with Crippen molar-refractivity contribution in [1.29, 1.82) is 0 Å². The molecule has 0 amide bonds. The smallest absolute Gasteiger partial charge is 0.0847 e. The van der Waals surface area contributed by atoms with Crippen LogP contribution in [0.1, 0.15) is 50.9 Å². The second kappa shape index (κ2) is 7.46. The van der Waals surface area contributed by atoms with Gasteiger partial charge in [0.15, 0.2) is 0 Å². The zero-order valence-corrected chi connectivity index (χ0v) is 13.8. The van der Waals surface area contributed by atoms with Crippen molar-refractivity contribution in [2.45, 2.75) is 59.4 Å². The second-order valence-electron chi connectivity index (χ2n) is 5.98. The number of nitrogens with one attached hydrogen (secondary N) is 1. The molecule has 1 heterocycles. The van der Waals surface area contributed by atoms with Crippen LogP contribution >= 0.6 is 11.6 Å². The molecule has 2 atom stereocenters. The minimum absolute atomic E-state index is 0.752. The summed E-state index contributed by atoms with van der Waals surface area (Å²) in [6.45, 7) is 9.46. The average molecular weight is 298 g/mol. The Morgan fingerprint density at radius 1 is 1.25 bits per heavy atom. The molecule has 0 aliphatic heterocycles. The number of hydrogen-bond donors (Lipinski definition) is 1. The second-order valence-corrected chi connectivity index (χ2v) is 6.36. The predicted molar refractivity (Wildman–Crippen MR) is 85.3 cm³/mol. The predicted octanol–water partition coefficient (Wildman–Crippen LogP) is 3.82. The van der Waals surface area contributed by atoms with Gasteiger partial charge in [0.1, 0.15) is 0 Å². The standard InChI is InChI=1S/C16H28ClN3/c1-4-18-11-14-9-7-6-8-13(14)10-15-16(17)12(3)19-20(15)5-2/h13-14,18H,4-11H2,1-3H3. The Kier molecular flexibility index (Phi) is 5.91. The fraction of sp³-hybridized carbons (Fsp3) is 0.812. The third kappa shape index (κ3) is 3.56. The molecule has 114 valence electrons. The average Bonchev–Trinajstić information content (AvgIpc) is 2.74. The van der Waals surface area contributed by atoms with Crippen LogP contribution in [-0.2, 0) is 13.0 Å². The van der Waals surface area contributed by atoms with Crippen molar-refractivity contribution in [3.05, 3.63) is 16.4 Å². The Hall–Kier alpha value is -0.540. The van der Waals surface area contributed by atoms with Gasteiger partial charge in [-0.25, -0.2) is 0 Å². The van der Waals surface area contributed by atoms with Crippen molar-refractivity contribution >= 4 is 11.6 Å². The summed E-state index contributed by atoms with van der Waals surface area (Å²) in [6, 6.07) is 0. The molecule has 1 aromatic heterocycles. The molecular formula is C16H28ClN3. The van der Waals surface area contributed by atoms with Gasteiger partial charge in [0.05, 0.1) is 16.4 Å². The van der Waals surface area contributed by atoms with Crippen LogP contribution in [0.15, 0.2) is 0 Å². The van der Waals surface area contributed by atoms with Crippen LogP contribution in [0, 0.1) is 18.8 Å².